The molecule has 1 fully saturated rings. The summed E-state index contributed by atoms with van der Waals surface area (Å²) in [7, 11) is 0. The highest BCUT2D eigenvalue weighted by Gasteiger charge is 2.19. The minimum absolute atomic E-state index is 0.0844. The maximum absolute atomic E-state index is 12.4. The third-order valence-electron chi connectivity index (χ3n) is 6.50. The zero-order valence-electron chi connectivity index (χ0n) is 19.8. The maximum Gasteiger partial charge on any atom is 0.251 e. The Kier molecular flexibility index (Phi) is 8.62. The van der Waals surface area contributed by atoms with Crippen LogP contribution in [0.3, 0.4) is 0 Å². The summed E-state index contributed by atoms with van der Waals surface area (Å²) in [6.07, 6.45) is 3.67. The van der Waals surface area contributed by atoms with Crippen LogP contribution in [0.1, 0.15) is 39.9 Å². The summed E-state index contributed by atoms with van der Waals surface area (Å²) in [5, 5.41) is 3.59. The largest absolute Gasteiger partial charge is 0.492 e. The SMILES string of the molecule is Cc1ccc(OCCNC(=O)c2ccc(CN3CCC(Cc4ccccc4)CC3)cc2)cc1Cl. The van der Waals surface area contributed by atoms with Gasteiger partial charge < -0.3 is 10.1 Å². The second kappa shape index (κ2) is 12.0. The number of nitrogens with zero attached hydrogens (tertiary/aromatic N) is 1. The Morgan fingerprint density at radius 3 is 2.44 bits per heavy atom. The van der Waals surface area contributed by atoms with Crippen molar-refractivity contribution in [3.05, 3.63) is 100 Å². The van der Waals surface area contributed by atoms with E-state index in [1.165, 1.54) is 30.4 Å². The van der Waals surface area contributed by atoms with Crippen molar-refractivity contribution < 1.29 is 9.53 Å². The highest BCUT2D eigenvalue weighted by Crippen LogP contribution is 2.23. The Morgan fingerprint density at radius 2 is 1.74 bits per heavy atom. The van der Waals surface area contributed by atoms with Gasteiger partial charge in [0.1, 0.15) is 12.4 Å². The second-order valence-electron chi connectivity index (χ2n) is 9.12. The molecule has 1 aliphatic heterocycles. The van der Waals surface area contributed by atoms with Crippen molar-refractivity contribution in [2.24, 2.45) is 5.92 Å². The number of halogens is 1. The fourth-order valence-corrected chi connectivity index (χ4v) is 4.59. The van der Waals surface area contributed by atoms with Crippen LogP contribution in [0, 0.1) is 12.8 Å². The van der Waals surface area contributed by atoms with Crippen LogP contribution >= 0.6 is 11.6 Å². The number of ether oxygens (including phenoxy) is 1. The average Bonchev–Trinajstić information content (AvgIpc) is 2.86. The molecule has 1 heterocycles. The number of carbonyl (C=O) groups excluding carboxylic acids is 1. The van der Waals surface area contributed by atoms with Gasteiger partial charge in [0.05, 0.1) is 6.54 Å². The zero-order valence-corrected chi connectivity index (χ0v) is 20.6. The van der Waals surface area contributed by atoms with E-state index in [0.29, 0.717) is 29.5 Å². The first-order valence-electron chi connectivity index (χ1n) is 12.1. The predicted octanol–water partition coefficient (Wildman–Crippen LogP) is 5.91. The van der Waals surface area contributed by atoms with Gasteiger partial charge in [-0.15, -0.1) is 0 Å². The van der Waals surface area contributed by atoms with Crippen LogP contribution in [0.4, 0.5) is 0 Å². The van der Waals surface area contributed by atoms with E-state index in [9.17, 15) is 4.79 Å². The molecule has 3 aromatic rings. The van der Waals surface area contributed by atoms with Gasteiger partial charge in [-0.3, -0.25) is 9.69 Å². The molecule has 4 rings (SSSR count). The molecule has 0 bridgehead atoms. The van der Waals surface area contributed by atoms with Crippen molar-refractivity contribution in [3.8, 4) is 5.75 Å². The summed E-state index contributed by atoms with van der Waals surface area (Å²) in [5.74, 6) is 1.40. The molecule has 0 radical (unpaired) electrons. The van der Waals surface area contributed by atoms with E-state index < -0.39 is 0 Å². The summed E-state index contributed by atoms with van der Waals surface area (Å²) >= 11 is 6.11. The van der Waals surface area contributed by atoms with Crippen molar-refractivity contribution in [1.29, 1.82) is 0 Å². The number of hydrogen-bond donors (Lipinski definition) is 1. The van der Waals surface area contributed by atoms with Crippen LogP contribution in [-0.2, 0) is 13.0 Å². The zero-order chi connectivity index (χ0) is 23.8. The standard InChI is InChI=1S/C29H33ClN2O2/c1-22-7-12-27(20-28(22)30)34-18-15-31-29(33)26-10-8-25(9-11-26)21-32-16-13-24(14-17-32)19-23-5-3-2-4-6-23/h2-12,20,24H,13-19,21H2,1H3,(H,31,33). The van der Waals surface area contributed by atoms with Crippen LogP contribution in [-0.4, -0.2) is 37.0 Å². The molecule has 5 heteroatoms. The molecule has 1 N–H and O–H groups in total. The Morgan fingerprint density at radius 1 is 1.00 bits per heavy atom. The van der Waals surface area contributed by atoms with Gasteiger partial charge in [-0.1, -0.05) is 60.1 Å². The minimum atomic E-state index is -0.0844. The summed E-state index contributed by atoms with van der Waals surface area (Å²) in [4.78, 5) is 15.0. The molecule has 4 nitrogen and oxygen atoms in total. The summed E-state index contributed by atoms with van der Waals surface area (Å²) in [6.45, 7) is 5.98. The molecule has 0 aliphatic carbocycles. The Balaban J connectivity index is 1.16. The number of aryl methyl sites for hydroxylation is 1. The lowest BCUT2D eigenvalue weighted by Gasteiger charge is -2.32. The summed E-state index contributed by atoms with van der Waals surface area (Å²) in [5.41, 5.74) is 4.38. The van der Waals surface area contributed by atoms with Crippen LogP contribution in [0.5, 0.6) is 5.75 Å². The smallest absolute Gasteiger partial charge is 0.251 e. The molecule has 34 heavy (non-hydrogen) atoms. The van der Waals surface area contributed by atoms with Gasteiger partial charge >= 0.3 is 0 Å². The number of amides is 1. The molecule has 178 valence electrons. The van der Waals surface area contributed by atoms with Crippen LogP contribution in [0.15, 0.2) is 72.8 Å². The van der Waals surface area contributed by atoms with Crippen molar-refractivity contribution >= 4 is 17.5 Å². The number of rotatable bonds is 9. The molecule has 1 amide bonds. The number of nitrogens with one attached hydrogen (secondary N) is 1. The molecule has 3 aromatic carbocycles. The Labute approximate surface area is 207 Å². The molecule has 1 saturated heterocycles. The molecule has 0 aromatic heterocycles. The Bertz CT molecular complexity index is 1060. The van der Waals surface area contributed by atoms with Gasteiger partial charge in [-0.25, -0.2) is 0 Å². The molecule has 0 saturated carbocycles. The van der Waals surface area contributed by atoms with Gasteiger partial charge in [-0.2, -0.15) is 0 Å². The summed E-state index contributed by atoms with van der Waals surface area (Å²) < 4.78 is 5.67. The number of likely N-dealkylation sites (tertiary alicyclic amines) is 1. The summed E-state index contributed by atoms with van der Waals surface area (Å²) in [6, 6.07) is 24.4. The van der Waals surface area contributed by atoms with Gasteiger partial charge in [0.15, 0.2) is 0 Å². The molecule has 0 spiro atoms. The quantitative estimate of drug-likeness (QED) is 0.390. The van der Waals surface area contributed by atoms with Crippen LogP contribution in [0.25, 0.3) is 0 Å². The van der Waals surface area contributed by atoms with Crippen LogP contribution in [0.2, 0.25) is 5.02 Å². The molecule has 0 atom stereocenters. The van der Waals surface area contributed by atoms with E-state index >= 15 is 0 Å². The lowest BCUT2D eigenvalue weighted by molar-refractivity contribution is 0.0947. The van der Waals surface area contributed by atoms with E-state index in [1.807, 2.05) is 31.2 Å². The van der Waals surface area contributed by atoms with Gasteiger partial charge in [0.2, 0.25) is 0 Å². The maximum atomic E-state index is 12.4. The van der Waals surface area contributed by atoms with E-state index in [-0.39, 0.29) is 5.91 Å². The lowest BCUT2D eigenvalue weighted by Crippen LogP contribution is -2.33. The van der Waals surface area contributed by atoms with Gasteiger partial charge in [0.25, 0.3) is 5.91 Å². The molecule has 0 unspecified atom stereocenters. The van der Waals surface area contributed by atoms with E-state index in [2.05, 4.69) is 52.7 Å². The topological polar surface area (TPSA) is 41.6 Å². The van der Waals surface area contributed by atoms with Crippen molar-refractivity contribution in [2.45, 2.75) is 32.7 Å². The van der Waals surface area contributed by atoms with Crippen LogP contribution < -0.4 is 10.1 Å². The van der Waals surface area contributed by atoms with E-state index in [0.717, 1.165) is 31.1 Å². The van der Waals surface area contributed by atoms with E-state index in [1.54, 1.807) is 6.07 Å². The fourth-order valence-electron chi connectivity index (χ4n) is 4.41. The van der Waals surface area contributed by atoms with Crippen molar-refractivity contribution in [1.82, 2.24) is 10.2 Å². The van der Waals surface area contributed by atoms with Gasteiger partial charge in [-0.05, 0) is 86.1 Å². The first-order chi connectivity index (χ1) is 16.6. The first kappa shape index (κ1) is 24.3. The number of hydrogen-bond acceptors (Lipinski definition) is 3. The minimum Gasteiger partial charge on any atom is -0.492 e. The first-order valence-corrected chi connectivity index (χ1v) is 12.5. The number of benzene rings is 3. The highest BCUT2D eigenvalue weighted by atomic mass is 35.5. The molecular formula is C29H33ClN2O2. The number of piperidine rings is 1. The van der Waals surface area contributed by atoms with Gasteiger partial charge in [0, 0.05) is 17.1 Å². The normalized spacial score (nSPS) is 14.6. The molecule has 1 aliphatic rings. The third kappa shape index (κ3) is 7.09. The number of carbonyl (C=O) groups is 1. The van der Waals surface area contributed by atoms with Crippen molar-refractivity contribution in [3.63, 3.8) is 0 Å². The lowest BCUT2D eigenvalue weighted by atomic mass is 9.90. The molecular weight excluding hydrogens is 444 g/mol. The second-order valence-corrected chi connectivity index (χ2v) is 9.53. The predicted molar refractivity (Wildman–Crippen MR) is 139 cm³/mol. The third-order valence-corrected chi connectivity index (χ3v) is 6.90. The fraction of sp³-hybridized carbons (Fsp3) is 0.345. The monoisotopic (exact) mass is 476 g/mol. The Hall–Kier alpha value is -2.82. The average molecular weight is 477 g/mol. The van der Waals surface area contributed by atoms with Crippen molar-refractivity contribution in [2.75, 3.05) is 26.2 Å². The van der Waals surface area contributed by atoms with E-state index in [4.69, 9.17) is 16.3 Å². The highest BCUT2D eigenvalue weighted by molar-refractivity contribution is 6.31.